The number of aliphatic carboxylic acids is 2. The van der Waals surface area contributed by atoms with Crippen molar-refractivity contribution in [3.63, 3.8) is 0 Å². The number of carboxylic acid groups (broad SMARTS) is 2. The lowest BCUT2D eigenvalue weighted by molar-refractivity contribution is -0.145. The Morgan fingerprint density at radius 3 is 2.26 bits per heavy atom. The summed E-state index contributed by atoms with van der Waals surface area (Å²) < 4.78 is 0. The summed E-state index contributed by atoms with van der Waals surface area (Å²) in [6.45, 7) is 0.269. The standard InChI is InChI=1S/C25H25Cl2N3O7S/c26-16-2-1-3-17(27)22(16)24(35)28-15-6-4-14(5-7-15)12-18(25(36)37)29-23(34)19-13-38-11-10-30(19)20(31)8-9-21(32)33/h1-7,18-19H,8-13H2,(H,28,35)(H,29,34)(H,32,33)(H,36,37). The van der Waals surface area contributed by atoms with Crippen molar-refractivity contribution in [3.05, 3.63) is 63.6 Å². The van der Waals surface area contributed by atoms with Gasteiger partial charge in [0.1, 0.15) is 12.1 Å². The Kier molecular flexibility index (Phi) is 10.4. The van der Waals surface area contributed by atoms with Gasteiger partial charge in [-0.05, 0) is 29.8 Å². The minimum absolute atomic E-state index is 0.0432. The van der Waals surface area contributed by atoms with Crippen LogP contribution in [-0.4, -0.2) is 74.9 Å². The SMILES string of the molecule is O=C(O)CCC(=O)N1CCSCC1C(=O)NC(Cc1ccc(NC(=O)c2c(Cl)cccc2Cl)cc1)C(=O)O. The van der Waals surface area contributed by atoms with E-state index >= 15 is 0 Å². The predicted molar refractivity (Wildman–Crippen MR) is 144 cm³/mol. The summed E-state index contributed by atoms with van der Waals surface area (Å²) in [5, 5.41) is 24.1. The van der Waals surface area contributed by atoms with Crippen LogP contribution >= 0.6 is 35.0 Å². The maximum atomic E-state index is 13.0. The highest BCUT2D eigenvalue weighted by molar-refractivity contribution is 7.99. The van der Waals surface area contributed by atoms with Gasteiger partial charge in [-0.25, -0.2) is 4.79 Å². The normalized spacial score (nSPS) is 15.8. The first-order valence-corrected chi connectivity index (χ1v) is 13.4. The zero-order chi connectivity index (χ0) is 27.8. The van der Waals surface area contributed by atoms with Crippen LogP contribution in [0.25, 0.3) is 0 Å². The monoisotopic (exact) mass is 581 g/mol. The number of amides is 3. The van der Waals surface area contributed by atoms with Gasteiger partial charge < -0.3 is 25.7 Å². The summed E-state index contributed by atoms with van der Waals surface area (Å²) in [5.41, 5.74) is 1.14. The Bertz CT molecular complexity index is 1210. The number of carbonyl (C=O) groups excluding carboxylic acids is 3. The van der Waals surface area contributed by atoms with Gasteiger partial charge in [-0.15, -0.1) is 0 Å². The molecule has 202 valence electrons. The number of carboxylic acids is 2. The Morgan fingerprint density at radius 2 is 1.66 bits per heavy atom. The Hall–Kier alpha value is -3.28. The number of rotatable bonds is 10. The fraction of sp³-hybridized carbons (Fsp3) is 0.320. The molecule has 4 N–H and O–H groups in total. The van der Waals surface area contributed by atoms with Gasteiger partial charge in [-0.2, -0.15) is 11.8 Å². The molecule has 1 heterocycles. The molecule has 2 unspecified atom stereocenters. The van der Waals surface area contributed by atoms with Gasteiger partial charge in [0.05, 0.1) is 22.0 Å². The second-order valence-corrected chi connectivity index (χ2v) is 10.4. The Morgan fingerprint density at radius 1 is 1.00 bits per heavy atom. The third-order valence-corrected chi connectivity index (χ3v) is 7.41. The summed E-state index contributed by atoms with van der Waals surface area (Å²) in [4.78, 5) is 62.0. The van der Waals surface area contributed by atoms with Crippen molar-refractivity contribution < 1.29 is 34.2 Å². The highest BCUT2D eigenvalue weighted by atomic mass is 35.5. The van der Waals surface area contributed by atoms with Gasteiger partial charge in [0, 0.05) is 36.6 Å². The molecular weight excluding hydrogens is 557 g/mol. The van der Waals surface area contributed by atoms with E-state index in [0.29, 0.717) is 17.0 Å². The molecule has 0 aliphatic carbocycles. The van der Waals surface area contributed by atoms with E-state index < -0.39 is 41.7 Å². The van der Waals surface area contributed by atoms with Crippen LogP contribution in [0.2, 0.25) is 10.0 Å². The molecule has 2 aromatic carbocycles. The van der Waals surface area contributed by atoms with Gasteiger partial charge in [0.15, 0.2) is 0 Å². The minimum Gasteiger partial charge on any atom is -0.481 e. The molecule has 1 fully saturated rings. The lowest BCUT2D eigenvalue weighted by Crippen LogP contribution is -2.57. The minimum atomic E-state index is -1.27. The second kappa shape index (κ2) is 13.5. The molecule has 0 bridgehead atoms. The van der Waals surface area contributed by atoms with Crippen LogP contribution in [0.3, 0.4) is 0 Å². The predicted octanol–water partition coefficient (Wildman–Crippen LogP) is 3.17. The van der Waals surface area contributed by atoms with E-state index in [4.69, 9.17) is 28.3 Å². The fourth-order valence-corrected chi connectivity index (χ4v) is 5.43. The number of carbonyl (C=O) groups is 5. The first-order valence-electron chi connectivity index (χ1n) is 11.5. The number of nitrogens with zero attached hydrogens (tertiary/aromatic N) is 1. The van der Waals surface area contributed by atoms with Gasteiger partial charge in [-0.1, -0.05) is 41.4 Å². The van der Waals surface area contributed by atoms with Crippen molar-refractivity contribution in [2.24, 2.45) is 0 Å². The van der Waals surface area contributed by atoms with Crippen LogP contribution < -0.4 is 10.6 Å². The topological polar surface area (TPSA) is 153 Å². The van der Waals surface area contributed by atoms with Crippen molar-refractivity contribution in [2.75, 3.05) is 23.4 Å². The number of hydrogen-bond donors (Lipinski definition) is 4. The highest BCUT2D eigenvalue weighted by Gasteiger charge is 2.34. The van der Waals surface area contributed by atoms with E-state index in [-0.39, 0.29) is 47.2 Å². The molecule has 0 saturated carbocycles. The lowest BCUT2D eigenvalue weighted by atomic mass is 10.0. The van der Waals surface area contributed by atoms with Gasteiger partial charge in [0.2, 0.25) is 11.8 Å². The zero-order valence-electron chi connectivity index (χ0n) is 20.0. The third-order valence-electron chi connectivity index (χ3n) is 5.76. The van der Waals surface area contributed by atoms with Crippen LogP contribution in [0, 0.1) is 0 Å². The fourth-order valence-electron chi connectivity index (χ4n) is 3.81. The third kappa shape index (κ3) is 7.86. The number of hydrogen-bond acceptors (Lipinski definition) is 6. The first-order chi connectivity index (χ1) is 18.1. The molecule has 3 amide bonds. The first kappa shape index (κ1) is 29.3. The summed E-state index contributed by atoms with van der Waals surface area (Å²) in [6, 6.07) is 8.94. The van der Waals surface area contributed by atoms with Crippen molar-refractivity contribution in [1.29, 1.82) is 0 Å². The summed E-state index contributed by atoms with van der Waals surface area (Å²) in [5.74, 6) is -3.08. The van der Waals surface area contributed by atoms with Crippen molar-refractivity contribution in [3.8, 4) is 0 Å². The van der Waals surface area contributed by atoms with E-state index in [1.54, 1.807) is 42.5 Å². The number of anilines is 1. The smallest absolute Gasteiger partial charge is 0.326 e. The van der Waals surface area contributed by atoms with E-state index in [1.807, 2.05) is 0 Å². The molecule has 38 heavy (non-hydrogen) atoms. The maximum absolute atomic E-state index is 13.0. The summed E-state index contributed by atoms with van der Waals surface area (Å²) in [6.07, 6.45) is -0.632. The van der Waals surface area contributed by atoms with E-state index in [1.165, 1.54) is 16.7 Å². The lowest BCUT2D eigenvalue weighted by Gasteiger charge is -2.35. The highest BCUT2D eigenvalue weighted by Crippen LogP contribution is 2.25. The number of halogens is 2. The molecule has 2 aromatic rings. The number of nitrogens with one attached hydrogen (secondary N) is 2. The zero-order valence-corrected chi connectivity index (χ0v) is 22.3. The molecule has 1 saturated heterocycles. The molecular formula is C25H25Cl2N3O7S. The molecule has 0 spiro atoms. The van der Waals surface area contributed by atoms with Gasteiger partial charge in [-0.3, -0.25) is 19.2 Å². The average molecular weight is 582 g/mol. The largest absolute Gasteiger partial charge is 0.481 e. The van der Waals surface area contributed by atoms with Crippen molar-refractivity contribution >= 4 is 70.3 Å². The molecule has 0 aromatic heterocycles. The molecule has 1 aliphatic heterocycles. The molecule has 1 aliphatic rings. The summed E-state index contributed by atoms with van der Waals surface area (Å²) >= 11 is 13.6. The average Bonchev–Trinajstić information content (AvgIpc) is 2.87. The van der Waals surface area contributed by atoms with Crippen LogP contribution in [0.1, 0.15) is 28.8 Å². The molecule has 13 heteroatoms. The number of thioether (sulfide) groups is 1. The van der Waals surface area contributed by atoms with E-state index in [0.717, 1.165) is 0 Å². The van der Waals surface area contributed by atoms with Gasteiger partial charge in [0.25, 0.3) is 5.91 Å². The second-order valence-electron chi connectivity index (χ2n) is 8.42. The summed E-state index contributed by atoms with van der Waals surface area (Å²) in [7, 11) is 0. The van der Waals surface area contributed by atoms with Gasteiger partial charge >= 0.3 is 11.9 Å². The van der Waals surface area contributed by atoms with Crippen molar-refractivity contribution in [1.82, 2.24) is 10.2 Å². The Balaban J connectivity index is 1.64. The Labute approximate surface area is 232 Å². The van der Waals surface area contributed by atoms with Crippen LogP contribution in [0.5, 0.6) is 0 Å². The molecule has 10 nitrogen and oxygen atoms in total. The van der Waals surface area contributed by atoms with Crippen molar-refractivity contribution in [2.45, 2.75) is 31.3 Å². The molecule has 3 rings (SSSR count). The van der Waals surface area contributed by atoms with Crippen LogP contribution in [0.15, 0.2) is 42.5 Å². The number of benzene rings is 2. The van der Waals surface area contributed by atoms with Crippen LogP contribution in [0.4, 0.5) is 5.69 Å². The van der Waals surface area contributed by atoms with Crippen LogP contribution in [-0.2, 0) is 25.6 Å². The van der Waals surface area contributed by atoms with E-state index in [2.05, 4.69) is 10.6 Å². The maximum Gasteiger partial charge on any atom is 0.326 e. The van der Waals surface area contributed by atoms with E-state index in [9.17, 15) is 29.1 Å². The quantitative estimate of drug-likeness (QED) is 0.333. The molecule has 2 atom stereocenters. The molecule has 0 radical (unpaired) electrons.